The number of hydrogen-bond donors (Lipinski definition) is 1. The average molecular weight is 296 g/mol. The van der Waals surface area contributed by atoms with E-state index in [0.29, 0.717) is 6.07 Å². The third kappa shape index (κ3) is 4.99. The van der Waals surface area contributed by atoms with Crippen LogP contribution in [0.15, 0.2) is 18.2 Å². The lowest BCUT2D eigenvalue weighted by Crippen LogP contribution is -2.12. The van der Waals surface area contributed by atoms with Gasteiger partial charge < -0.3 is 5.32 Å². The molecular weight excluding hydrogens is 286 g/mol. The first kappa shape index (κ1) is 16.1. The lowest BCUT2D eigenvalue weighted by molar-refractivity contribution is -0.137. The van der Waals surface area contributed by atoms with Crippen molar-refractivity contribution in [2.45, 2.75) is 25.2 Å². The number of halogens is 6. The predicted octanol–water partition coefficient (Wildman–Crippen LogP) is 4.33. The molecule has 0 radical (unpaired) electrons. The Bertz CT molecular complexity index is 498. The molecule has 2 nitrogen and oxygen atoms in total. The van der Waals surface area contributed by atoms with Gasteiger partial charge in [0, 0.05) is 13.0 Å². The van der Waals surface area contributed by atoms with Gasteiger partial charge in [-0.2, -0.15) is 31.6 Å². The van der Waals surface area contributed by atoms with Crippen LogP contribution < -0.4 is 5.32 Å². The fraction of sp³-hybridized carbons (Fsp3) is 0.417. The molecule has 0 bridgehead atoms. The van der Waals surface area contributed by atoms with E-state index in [-0.39, 0.29) is 24.2 Å². The summed E-state index contributed by atoms with van der Waals surface area (Å²) in [5, 5.41) is 11.3. The first-order valence-corrected chi connectivity index (χ1v) is 5.55. The Kier molecular flexibility index (Phi) is 4.87. The second-order valence-electron chi connectivity index (χ2n) is 4.02. The number of nitrogens with one attached hydrogen (secondary N) is 1. The summed E-state index contributed by atoms with van der Waals surface area (Å²) in [6.45, 7) is -0.0838. The molecule has 110 valence electrons. The van der Waals surface area contributed by atoms with Crippen molar-refractivity contribution < 1.29 is 26.3 Å². The van der Waals surface area contributed by atoms with Crippen molar-refractivity contribution >= 4 is 5.69 Å². The van der Waals surface area contributed by atoms with Crippen LogP contribution in [0, 0.1) is 11.3 Å². The molecule has 0 saturated carbocycles. The summed E-state index contributed by atoms with van der Waals surface area (Å²) in [5.74, 6) is 0. The summed E-state index contributed by atoms with van der Waals surface area (Å²) in [4.78, 5) is 0. The summed E-state index contributed by atoms with van der Waals surface area (Å²) in [6.07, 6.45) is -10.1. The molecule has 1 aromatic rings. The SMILES string of the molecule is N#Cc1cc(C(F)(F)F)ccc1NCCCC(F)(F)F. The molecule has 0 unspecified atom stereocenters. The number of benzene rings is 1. The number of nitrogens with zero attached hydrogens (tertiary/aromatic N) is 1. The molecule has 0 amide bonds. The van der Waals surface area contributed by atoms with Gasteiger partial charge in [-0.15, -0.1) is 0 Å². The van der Waals surface area contributed by atoms with Crippen molar-refractivity contribution in [2.24, 2.45) is 0 Å². The highest BCUT2D eigenvalue weighted by atomic mass is 19.4. The van der Waals surface area contributed by atoms with E-state index in [0.717, 1.165) is 12.1 Å². The normalized spacial score (nSPS) is 12.1. The van der Waals surface area contributed by atoms with Gasteiger partial charge in [0.05, 0.1) is 16.8 Å². The van der Waals surface area contributed by atoms with E-state index in [1.54, 1.807) is 6.07 Å². The highest BCUT2D eigenvalue weighted by molar-refractivity contribution is 5.58. The maximum Gasteiger partial charge on any atom is 0.416 e. The molecule has 1 N–H and O–H groups in total. The molecule has 0 saturated heterocycles. The molecule has 0 atom stereocenters. The van der Waals surface area contributed by atoms with Gasteiger partial charge in [-0.05, 0) is 24.6 Å². The number of nitriles is 1. The van der Waals surface area contributed by atoms with Crippen LogP contribution in [0.2, 0.25) is 0 Å². The van der Waals surface area contributed by atoms with Gasteiger partial charge in [0.15, 0.2) is 0 Å². The molecule has 0 aromatic heterocycles. The van der Waals surface area contributed by atoms with Crippen LogP contribution in [0.25, 0.3) is 0 Å². The molecule has 0 heterocycles. The van der Waals surface area contributed by atoms with Crippen LogP contribution in [-0.4, -0.2) is 12.7 Å². The molecule has 1 aromatic carbocycles. The van der Waals surface area contributed by atoms with Gasteiger partial charge in [0.1, 0.15) is 6.07 Å². The molecule has 0 aliphatic heterocycles. The molecule has 20 heavy (non-hydrogen) atoms. The standard InChI is InChI=1S/C12H10F6N2/c13-11(14,15)4-1-5-20-10-3-2-9(12(16,17)18)6-8(10)7-19/h2-3,6,20H,1,4-5H2. The maximum atomic E-state index is 12.4. The van der Waals surface area contributed by atoms with Crippen LogP contribution in [-0.2, 0) is 6.18 Å². The second kappa shape index (κ2) is 6.03. The van der Waals surface area contributed by atoms with Gasteiger partial charge in [-0.1, -0.05) is 0 Å². The third-order valence-electron chi connectivity index (χ3n) is 2.42. The predicted molar refractivity (Wildman–Crippen MR) is 59.9 cm³/mol. The topological polar surface area (TPSA) is 35.8 Å². The second-order valence-corrected chi connectivity index (χ2v) is 4.02. The van der Waals surface area contributed by atoms with Crippen LogP contribution in [0.1, 0.15) is 24.0 Å². The van der Waals surface area contributed by atoms with Crippen LogP contribution in [0.5, 0.6) is 0 Å². The summed E-state index contributed by atoms with van der Waals surface area (Å²) < 4.78 is 73.0. The van der Waals surface area contributed by atoms with Crippen molar-refractivity contribution in [3.63, 3.8) is 0 Å². The average Bonchev–Trinajstić information content (AvgIpc) is 2.32. The van der Waals surface area contributed by atoms with Gasteiger partial charge in [0.25, 0.3) is 0 Å². The molecule has 0 aliphatic carbocycles. The summed E-state index contributed by atoms with van der Waals surface area (Å²) >= 11 is 0. The Morgan fingerprint density at radius 3 is 2.25 bits per heavy atom. The Morgan fingerprint density at radius 2 is 1.75 bits per heavy atom. The fourth-order valence-electron chi connectivity index (χ4n) is 1.48. The van der Waals surface area contributed by atoms with E-state index >= 15 is 0 Å². The monoisotopic (exact) mass is 296 g/mol. The van der Waals surface area contributed by atoms with Crippen molar-refractivity contribution in [3.05, 3.63) is 29.3 Å². The quantitative estimate of drug-likeness (QED) is 0.663. The van der Waals surface area contributed by atoms with Crippen molar-refractivity contribution in [3.8, 4) is 6.07 Å². The molecule has 0 aliphatic rings. The zero-order valence-electron chi connectivity index (χ0n) is 10.1. The first-order valence-electron chi connectivity index (χ1n) is 5.55. The number of hydrogen-bond acceptors (Lipinski definition) is 2. The van der Waals surface area contributed by atoms with Crippen LogP contribution in [0.3, 0.4) is 0 Å². The highest BCUT2D eigenvalue weighted by Crippen LogP contribution is 2.31. The van der Waals surface area contributed by atoms with E-state index in [1.165, 1.54) is 0 Å². The fourth-order valence-corrected chi connectivity index (χ4v) is 1.48. The Balaban J connectivity index is 2.70. The summed E-state index contributed by atoms with van der Waals surface area (Å²) in [5.41, 5.74) is -1.15. The molecule has 0 fully saturated rings. The minimum absolute atomic E-state index is 0.0838. The minimum atomic E-state index is -4.57. The minimum Gasteiger partial charge on any atom is -0.384 e. The van der Waals surface area contributed by atoms with E-state index in [4.69, 9.17) is 5.26 Å². The lowest BCUT2D eigenvalue weighted by atomic mass is 10.1. The Labute approximate surface area is 111 Å². The molecule has 8 heteroatoms. The third-order valence-corrected chi connectivity index (χ3v) is 2.42. The van der Waals surface area contributed by atoms with Gasteiger partial charge >= 0.3 is 12.4 Å². The summed E-state index contributed by atoms with van der Waals surface area (Å²) in [6, 6.07) is 4.05. The smallest absolute Gasteiger partial charge is 0.384 e. The maximum absolute atomic E-state index is 12.4. The molecule has 1 rings (SSSR count). The lowest BCUT2D eigenvalue weighted by Gasteiger charge is -2.12. The van der Waals surface area contributed by atoms with Crippen molar-refractivity contribution in [2.75, 3.05) is 11.9 Å². The zero-order valence-corrected chi connectivity index (χ0v) is 10.1. The Morgan fingerprint density at radius 1 is 1.10 bits per heavy atom. The molecule has 0 spiro atoms. The first-order chi connectivity index (χ1) is 9.13. The zero-order chi connectivity index (χ0) is 15.4. The van der Waals surface area contributed by atoms with E-state index < -0.39 is 24.3 Å². The van der Waals surface area contributed by atoms with Crippen LogP contribution >= 0.6 is 0 Å². The number of alkyl halides is 6. The van der Waals surface area contributed by atoms with E-state index in [2.05, 4.69) is 5.32 Å². The van der Waals surface area contributed by atoms with E-state index in [9.17, 15) is 26.3 Å². The van der Waals surface area contributed by atoms with Gasteiger partial charge in [-0.3, -0.25) is 0 Å². The summed E-state index contributed by atoms with van der Waals surface area (Å²) in [7, 11) is 0. The number of rotatable bonds is 4. The van der Waals surface area contributed by atoms with Crippen molar-refractivity contribution in [1.82, 2.24) is 0 Å². The Hall–Kier alpha value is -1.91. The van der Waals surface area contributed by atoms with Gasteiger partial charge in [-0.25, -0.2) is 0 Å². The van der Waals surface area contributed by atoms with Crippen LogP contribution in [0.4, 0.5) is 32.0 Å². The number of anilines is 1. The van der Waals surface area contributed by atoms with Gasteiger partial charge in [0.2, 0.25) is 0 Å². The largest absolute Gasteiger partial charge is 0.416 e. The highest BCUT2D eigenvalue weighted by Gasteiger charge is 2.31. The van der Waals surface area contributed by atoms with Crippen molar-refractivity contribution in [1.29, 1.82) is 5.26 Å². The van der Waals surface area contributed by atoms with E-state index in [1.807, 2.05) is 0 Å². The molecular formula is C12H10F6N2.